The van der Waals surface area contributed by atoms with E-state index in [1.807, 2.05) is 12.1 Å². The quantitative estimate of drug-likeness (QED) is 0.686. The average molecular weight is 339 g/mol. The van der Waals surface area contributed by atoms with E-state index in [-0.39, 0.29) is 5.82 Å². The lowest BCUT2D eigenvalue weighted by molar-refractivity contribution is 0.239. The van der Waals surface area contributed by atoms with Crippen LogP contribution in [0, 0.1) is 11.2 Å². The van der Waals surface area contributed by atoms with Gasteiger partial charge in [0.15, 0.2) is 11.6 Å². The second-order valence-electron chi connectivity index (χ2n) is 7.00. The maximum Gasteiger partial charge on any atom is 0.227 e. The van der Waals surface area contributed by atoms with Gasteiger partial charge in [0.05, 0.1) is 17.9 Å². The van der Waals surface area contributed by atoms with E-state index >= 15 is 0 Å². The molecule has 2 fully saturated rings. The van der Waals surface area contributed by atoms with Gasteiger partial charge in [0.25, 0.3) is 0 Å². The van der Waals surface area contributed by atoms with E-state index in [0.717, 1.165) is 37.1 Å². The van der Waals surface area contributed by atoms with E-state index in [1.165, 1.54) is 17.3 Å². The van der Waals surface area contributed by atoms with Crippen molar-refractivity contribution in [2.45, 2.75) is 6.42 Å². The van der Waals surface area contributed by atoms with Gasteiger partial charge < -0.3 is 16.0 Å². The van der Waals surface area contributed by atoms with E-state index in [1.54, 1.807) is 12.3 Å². The number of aromatic nitrogens is 4. The van der Waals surface area contributed by atoms with Crippen LogP contribution in [0.5, 0.6) is 0 Å². The van der Waals surface area contributed by atoms with Crippen molar-refractivity contribution in [1.82, 2.24) is 25.1 Å². The summed E-state index contributed by atoms with van der Waals surface area (Å²) in [6.45, 7) is 3.90. The van der Waals surface area contributed by atoms with Crippen LogP contribution >= 0.6 is 0 Å². The zero-order valence-electron chi connectivity index (χ0n) is 13.6. The van der Waals surface area contributed by atoms with Gasteiger partial charge in [-0.15, -0.1) is 0 Å². The molecule has 0 unspecified atom stereocenters. The predicted octanol–water partition coefficient (Wildman–Crippen LogP) is 1.34. The largest absolute Gasteiger partial charge is 0.399 e. The highest BCUT2D eigenvalue weighted by atomic mass is 19.1. The van der Waals surface area contributed by atoms with Crippen molar-refractivity contribution in [3.05, 3.63) is 36.4 Å². The van der Waals surface area contributed by atoms with Gasteiger partial charge in [-0.3, -0.25) is 0 Å². The van der Waals surface area contributed by atoms with Crippen LogP contribution in [0.15, 0.2) is 30.6 Å². The zero-order valence-corrected chi connectivity index (χ0v) is 13.6. The van der Waals surface area contributed by atoms with Gasteiger partial charge in [0, 0.05) is 36.1 Å². The molecule has 0 aliphatic carbocycles. The Kier molecular flexibility index (Phi) is 2.99. The van der Waals surface area contributed by atoms with Crippen molar-refractivity contribution in [2.24, 2.45) is 5.41 Å². The number of nitrogens with zero attached hydrogens (tertiary/aromatic N) is 5. The topological polar surface area (TPSA) is 84.9 Å². The summed E-state index contributed by atoms with van der Waals surface area (Å²) in [5.41, 5.74) is 7.53. The van der Waals surface area contributed by atoms with E-state index in [4.69, 9.17) is 5.73 Å². The maximum absolute atomic E-state index is 14.4. The van der Waals surface area contributed by atoms with Gasteiger partial charge >= 0.3 is 0 Å². The molecule has 1 aromatic carbocycles. The predicted molar refractivity (Wildman–Crippen MR) is 93.2 cm³/mol. The molecule has 0 atom stereocenters. The minimum Gasteiger partial charge on any atom is -0.399 e. The maximum atomic E-state index is 14.4. The first-order chi connectivity index (χ1) is 12.1. The van der Waals surface area contributed by atoms with E-state index in [0.29, 0.717) is 17.1 Å². The van der Waals surface area contributed by atoms with Gasteiger partial charge in [-0.05, 0) is 31.2 Å². The molecular weight excluding hydrogens is 321 g/mol. The van der Waals surface area contributed by atoms with Gasteiger partial charge in [-0.2, -0.15) is 10.1 Å². The van der Waals surface area contributed by atoms with Crippen molar-refractivity contribution < 1.29 is 4.39 Å². The van der Waals surface area contributed by atoms with E-state index in [9.17, 15) is 4.39 Å². The van der Waals surface area contributed by atoms with Crippen LogP contribution in [-0.4, -0.2) is 45.9 Å². The summed E-state index contributed by atoms with van der Waals surface area (Å²) in [7, 11) is 0. The molecule has 0 saturated carbocycles. The molecule has 0 radical (unpaired) electrons. The first-order valence-electron chi connectivity index (χ1n) is 8.35. The van der Waals surface area contributed by atoms with Crippen LogP contribution in [0.25, 0.3) is 16.7 Å². The number of nitrogen functional groups attached to an aromatic ring is 1. The Bertz CT molecular complexity index is 953. The van der Waals surface area contributed by atoms with Crippen molar-refractivity contribution in [1.29, 1.82) is 0 Å². The first-order valence-corrected chi connectivity index (χ1v) is 8.35. The lowest BCUT2D eigenvalue weighted by atomic mass is 9.79. The van der Waals surface area contributed by atoms with Crippen LogP contribution in [0.1, 0.15) is 6.42 Å². The van der Waals surface area contributed by atoms with Gasteiger partial charge in [0.2, 0.25) is 5.95 Å². The molecule has 25 heavy (non-hydrogen) atoms. The summed E-state index contributed by atoms with van der Waals surface area (Å²) in [5.74, 6) is 0.214. The fraction of sp³-hybridized carbons (Fsp3) is 0.353. The number of anilines is 2. The molecule has 128 valence electrons. The van der Waals surface area contributed by atoms with Gasteiger partial charge in [0.1, 0.15) is 0 Å². The molecule has 0 bridgehead atoms. The molecule has 2 aliphatic rings. The molecule has 2 aromatic heterocycles. The third-order valence-electron chi connectivity index (χ3n) is 5.17. The molecule has 3 aromatic rings. The second kappa shape index (κ2) is 5.13. The first kappa shape index (κ1) is 14.6. The highest BCUT2D eigenvalue weighted by molar-refractivity contribution is 5.83. The highest BCUT2D eigenvalue weighted by Crippen LogP contribution is 2.38. The number of nitrogens with two attached hydrogens (primary N) is 1. The van der Waals surface area contributed by atoms with Crippen LogP contribution < -0.4 is 16.0 Å². The van der Waals surface area contributed by atoms with Crippen molar-refractivity contribution in [2.75, 3.05) is 36.8 Å². The molecule has 0 amide bonds. The summed E-state index contributed by atoms with van der Waals surface area (Å²) >= 11 is 0. The highest BCUT2D eigenvalue weighted by Gasteiger charge is 2.46. The third kappa shape index (κ3) is 2.25. The third-order valence-corrected chi connectivity index (χ3v) is 5.17. The summed E-state index contributed by atoms with van der Waals surface area (Å²) < 4.78 is 15.9. The Morgan fingerprint density at radius 1 is 1.24 bits per heavy atom. The molecule has 4 heterocycles. The van der Waals surface area contributed by atoms with Crippen molar-refractivity contribution in [3.63, 3.8) is 0 Å². The van der Waals surface area contributed by atoms with Crippen LogP contribution in [-0.2, 0) is 0 Å². The van der Waals surface area contributed by atoms with Gasteiger partial charge in [-0.1, -0.05) is 0 Å². The number of nitrogens with one attached hydrogen (secondary N) is 1. The Hall–Kier alpha value is -2.74. The summed E-state index contributed by atoms with van der Waals surface area (Å²) in [5, 5.41) is 8.53. The summed E-state index contributed by atoms with van der Waals surface area (Å²) in [6, 6.07) is 5.40. The van der Waals surface area contributed by atoms with Gasteiger partial charge in [-0.25, -0.2) is 14.1 Å². The molecule has 7 nitrogen and oxygen atoms in total. The molecule has 1 spiro atoms. The number of benzene rings is 1. The van der Waals surface area contributed by atoms with Crippen molar-refractivity contribution in [3.8, 4) is 5.82 Å². The molecule has 8 heteroatoms. The fourth-order valence-corrected chi connectivity index (χ4v) is 3.84. The smallest absolute Gasteiger partial charge is 0.227 e. The Morgan fingerprint density at radius 2 is 2.12 bits per heavy atom. The number of fused-ring (bicyclic) bond motifs is 1. The lowest BCUT2D eigenvalue weighted by Crippen LogP contribution is -2.58. The second-order valence-corrected chi connectivity index (χ2v) is 7.00. The molecule has 2 aliphatic heterocycles. The Balaban J connectivity index is 1.51. The molecular formula is C17H18FN7. The number of hydrogen-bond donors (Lipinski definition) is 2. The van der Waals surface area contributed by atoms with Crippen LogP contribution in [0.3, 0.4) is 0 Å². The fourth-order valence-electron chi connectivity index (χ4n) is 3.84. The minimum atomic E-state index is -0.497. The average Bonchev–Trinajstić information content (AvgIpc) is 3.21. The lowest BCUT2D eigenvalue weighted by Gasteiger charge is -2.47. The summed E-state index contributed by atoms with van der Waals surface area (Å²) in [4.78, 5) is 10.7. The number of rotatable bonds is 2. The van der Waals surface area contributed by atoms with E-state index in [2.05, 4.69) is 25.3 Å². The number of halogens is 1. The number of hydrogen-bond acceptors (Lipinski definition) is 6. The summed E-state index contributed by atoms with van der Waals surface area (Å²) in [6.07, 6.45) is 4.05. The standard InChI is InChI=1S/C17H18FN7/c18-13-7-21-16(24-9-17(10-24)3-4-20-8-17)23-15(13)25-14-2-1-12(19)5-11(14)6-22-25/h1-2,5-7,20H,3-4,8-10,19H2. The molecule has 5 rings (SSSR count). The SMILES string of the molecule is Nc1ccc2c(cnn2-c2nc(N3CC4(CCNC4)C3)ncc2F)c1. The van der Waals surface area contributed by atoms with Crippen LogP contribution in [0.4, 0.5) is 16.0 Å². The zero-order chi connectivity index (χ0) is 17.0. The monoisotopic (exact) mass is 339 g/mol. The molecule has 3 N–H and O–H groups in total. The molecule has 2 saturated heterocycles. The normalized spacial score (nSPS) is 18.8. The van der Waals surface area contributed by atoms with Crippen molar-refractivity contribution >= 4 is 22.5 Å². The minimum absolute atomic E-state index is 0.162. The Labute approximate surface area is 143 Å². The van der Waals surface area contributed by atoms with E-state index < -0.39 is 5.82 Å². The Morgan fingerprint density at radius 3 is 2.92 bits per heavy atom. The van der Waals surface area contributed by atoms with Crippen LogP contribution in [0.2, 0.25) is 0 Å².